The van der Waals surface area contributed by atoms with Gasteiger partial charge in [0.05, 0.1) is 0 Å². The summed E-state index contributed by atoms with van der Waals surface area (Å²) >= 11 is 1.42. The average molecular weight is 312 g/mol. The zero-order chi connectivity index (χ0) is 15.3. The zero-order valence-corrected chi connectivity index (χ0v) is 13.2. The van der Waals surface area contributed by atoms with Gasteiger partial charge in [-0.2, -0.15) is 0 Å². The van der Waals surface area contributed by atoms with Crippen molar-refractivity contribution in [2.24, 2.45) is 0 Å². The van der Waals surface area contributed by atoms with E-state index >= 15 is 0 Å². The molecule has 112 valence electrons. The minimum atomic E-state index is -0.186. The molecule has 0 radical (unpaired) electrons. The molecule has 2 aromatic heterocycles. The molecule has 0 bridgehead atoms. The van der Waals surface area contributed by atoms with Gasteiger partial charge in [-0.25, -0.2) is 4.98 Å². The normalized spacial score (nSPS) is 15.9. The summed E-state index contributed by atoms with van der Waals surface area (Å²) in [5.74, 6) is 0.718. The lowest BCUT2D eigenvalue weighted by molar-refractivity contribution is 0.486. The van der Waals surface area contributed by atoms with Gasteiger partial charge >= 0.3 is 0 Å². The second kappa shape index (κ2) is 5.02. The van der Waals surface area contributed by atoms with Crippen LogP contribution in [0.15, 0.2) is 33.9 Å². The minimum absolute atomic E-state index is 0.165. The van der Waals surface area contributed by atoms with Crippen LogP contribution in [0.1, 0.15) is 37.5 Å². The summed E-state index contributed by atoms with van der Waals surface area (Å²) in [7, 11) is 0. The van der Waals surface area contributed by atoms with Crippen molar-refractivity contribution in [3.05, 3.63) is 50.7 Å². The van der Waals surface area contributed by atoms with Crippen molar-refractivity contribution in [3.8, 4) is 0 Å². The van der Waals surface area contributed by atoms with Gasteiger partial charge in [-0.05, 0) is 31.9 Å². The quantitative estimate of drug-likeness (QED) is 0.647. The standard InChI is InChI=1S/C17H16N2O2S/c1-10-18-16-14(17(21)19(10)11-6-2-3-7-11)15(20)12-8-4-5-9-13(12)22-16/h4-5,8-9,11H,2-3,6-7H2,1H3. The number of nitrogens with zero attached hydrogens (tertiary/aromatic N) is 2. The first-order chi connectivity index (χ1) is 10.7. The van der Waals surface area contributed by atoms with Crippen LogP contribution in [0.5, 0.6) is 0 Å². The summed E-state index contributed by atoms with van der Waals surface area (Å²) in [4.78, 5) is 30.8. The smallest absolute Gasteiger partial charge is 0.266 e. The number of aromatic nitrogens is 2. The molecule has 1 saturated carbocycles. The Morgan fingerprint density at radius 3 is 2.68 bits per heavy atom. The van der Waals surface area contributed by atoms with Gasteiger partial charge in [0.15, 0.2) is 0 Å². The Morgan fingerprint density at radius 2 is 1.91 bits per heavy atom. The third kappa shape index (κ3) is 1.92. The van der Waals surface area contributed by atoms with Gasteiger partial charge in [-0.1, -0.05) is 25.0 Å². The van der Waals surface area contributed by atoms with E-state index in [-0.39, 0.29) is 22.4 Å². The van der Waals surface area contributed by atoms with E-state index in [9.17, 15) is 9.59 Å². The maximum Gasteiger partial charge on any atom is 0.266 e. The van der Waals surface area contributed by atoms with E-state index in [0.29, 0.717) is 10.2 Å². The first-order valence-corrected chi connectivity index (χ1v) is 8.43. The van der Waals surface area contributed by atoms with Crippen LogP contribution in [0.25, 0.3) is 20.3 Å². The molecule has 0 unspecified atom stereocenters. The van der Waals surface area contributed by atoms with Crippen molar-refractivity contribution in [1.82, 2.24) is 9.55 Å². The lowest BCUT2D eigenvalue weighted by Crippen LogP contribution is -2.29. The van der Waals surface area contributed by atoms with Gasteiger partial charge in [0.2, 0.25) is 5.43 Å². The fraction of sp³-hybridized carbons (Fsp3) is 0.353. The van der Waals surface area contributed by atoms with Crippen molar-refractivity contribution in [2.45, 2.75) is 38.6 Å². The maximum atomic E-state index is 12.9. The fourth-order valence-corrected chi connectivity index (χ4v) is 4.54. The molecule has 4 nitrogen and oxygen atoms in total. The minimum Gasteiger partial charge on any atom is -0.293 e. The van der Waals surface area contributed by atoms with Gasteiger partial charge in [0.1, 0.15) is 16.0 Å². The molecular formula is C17H16N2O2S. The number of benzene rings is 1. The van der Waals surface area contributed by atoms with Gasteiger partial charge in [-0.3, -0.25) is 14.2 Å². The molecule has 0 spiro atoms. The molecule has 4 rings (SSSR count). The molecule has 1 aliphatic carbocycles. The molecule has 2 heterocycles. The Balaban J connectivity index is 2.13. The molecule has 22 heavy (non-hydrogen) atoms. The van der Waals surface area contributed by atoms with E-state index in [0.717, 1.165) is 36.2 Å². The third-order valence-electron chi connectivity index (χ3n) is 4.51. The summed E-state index contributed by atoms with van der Waals surface area (Å²) in [6.07, 6.45) is 4.27. The molecule has 1 aromatic carbocycles. The van der Waals surface area contributed by atoms with E-state index in [4.69, 9.17) is 0 Å². The highest BCUT2D eigenvalue weighted by atomic mass is 32.1. The lowest BCUT2D eigenvalue weighted by Gasteiger charge is -2.16. The SMILES string of the molecule is Cc1nc2sc3ccccc3c(=O)c2c(=O)n1C1CCCC1. The molecule has 0 N–H and O–H groups in total. The van der Waals surface area contributed by atoms with Gasteiger partial charge in [0.25, 0.3) is 5.56 Å². The number of aryl methyl sites for hydroxylation is 1. The third-order valence-corrected chi connectivity index (χ3v) is 5.58. The van der Waals surface area contributed by atoms with E-state index in [1.807, 2.05) is 25.1 Å². The number of hydrogen-bond acceptors (Lipinski definition) is 4. The van der Waals surface area contributed by atoms with Crippen LogP contribution in [0.4, 0.5) is 0 Å². The highest BCUT2D eigenvalue weighted by molar-refractivity contribution is 7.24. The monoisotopic (exact) mass is 312 g/mol. The second-order valence-electron chi connectivity index (χ2n) is 5.88. The topological polar surface area (TPSA) is 52.0 Å². The molecule has 5 heteroatoms. The Morgan fingerprint density at radius 1 is 1.18 bits per heavy atom. The van der Waals surface area contributed by atoms with E-state index in [1.165, 1.54) is 11.3 Å². The van der Waals surface area contributed by atoms with Crippen molar-refractivity contribution in [3.63, 3.8) is 0 Å². The van der Waals surface area contributed by atoms with Gasteiger partial charge in [-0.15, -0.1) is 11.3 Å². The predicted octanol–water partition coefficient (Wildman–Crippen LogP) is 3.39. The molecule has 0 saturated heterocycles. The van der Waals surface area contributed by atoms with E-state index < -0.39 is 0 Å². The Bertz CT molecular complexity index is 997. The van der Waals surface area contributed by atoms with Crippen LogP contribution in [-0.4, -0.2) is 9.55 Å². The fourth-order valence-electron chi connectivity index (χ4n) is 3.46. The summed E-state index contributed by atoms with van der Waals surface area (Å²) in [6, 6.07) is 7.61. The van der Waals surface area contributed by atoms with Gasteiger partial charge < -0.3 is 0 Å². The molecule has 0 amide bonds. The van der Waals surface area contributed by atoms with Crippen molar-refractivity contribution in [2.75, 3.05) is 0 Å². The highest BCUT2D eigenvalue weighted by Crippen LogP contribution is 2.30. The second-order valence-corrected chi connectivity index (χ2v) is 6.91. The molecule has 1 aliphatic rings. The molecule has 0 atom stereocenters. The Hall–Kier alpha value is -2.01. The van der Waals surface area contributed by atoms with Gasteiger partial charge in [0, 0.05) is 16.1 Å². The van der Waals surface area contributed by atoms with E-state index in [2.05, 4.69) is 4.98 Å². The predicted molar refractivity (Wildman–Crippen MR) is 89.9 cm³/mol. The van der Waals surface area contributed by atoms with E-state index in [1.54, 1.807) is 10.6 Å². The molecule has 3 aromatic rings. The van der Waals surface area contributed by atoms with Crippen LogP contribution in [0, 0.1) is 6.92 Å². The average Bonchev–Trinajstić information content (AvgIpc) is 3.01. The van der Waals surface area contributed by atoms with Crippen LogP contribution in [0.3, 0.4) is 0 Å². The summed E-state index contributed by atoms with van der Waals surface area (Å²) in [5.41, 5.74) is -0.352. The highest BCUT2D eigenvalue weighted by Gasteiger charge is 2.22. The van der Waals surface area contributed by atoms with Crippen molar-refractivity contribution >= 4 is 31.6 Å². The first-order valence-electron chi connectivity index (χ1n) is 7.61. The molecule has 0 aliphatic heterocycles. The molecular weight excluding hydrogens is 296 g/mol. The zero-order valence-electron chi connectivity index (χ0n) is 12.3. The Labute approximate surface area is 131 Å². The number of hydrogen-bond donors (Lipinski definition) is 0. The van der Waals surface area contributed by atoms with Crippen LogP contribution in [0.2, 0.25) is 0 Å². The maximum absolute atomic E-state index is 12.9. The molecule has 1 fully saturated rings. The largest absolute Gasteiger partial charge is 0.293 e. The number of fused-ring (bicyclic) bond motifs is 2. The van der Waals surface area contributed by atoms with Crippen molar-refractivity contribution < 1.29 is 0 Å². The summed E-state index contributed by atoms with van der Waals surface area (Å²) in [6.45, 7) is 1.87. The summed E-state index contributed by atoms with van der Waals surface area (Å²) < 4.78 is 2.63. The first kappa shape index (κ1) is 13.6. The van der Waals surface area contributed by atoms with Crippen LogP contribution >= 0.6 is 11.3 Å². The Kier molecular flexibility index (Phi) is 3.11. The number of rotatable bonds is 1. The van der Waals surface area contributed by atoms with Crippen LogP contribution in [-0.2, 0) is 0 Å². The summed E-state index contributed by atoms with van der Waals surface area (Å²) in [5, 5.41) is 0.863. The van der Waals surface area contributed by atoms with Crippen molar-refractivity contribution in [1.29, 1.82) is 0 Å². The lowest BCUT2D eigenvalue weighted by atomic mass is 10.2. The van der Waals surface area contributed by atoms with Crippen LogP contribution < -0.4 is 11.0 Å².